The highest BCUT2D eigenvalue weighted by molar-refractivity contribution is 6.09. The van der Waals surface area contributed by atoms with Crippen LogP contribution in [0.2, 0.25) is 0 Å². The van der Waals surface area contributed by atoms with Gasteiger partial charge in [-0.2, -0.15) is 0 Å². The van der Waals surface area contributed by atoms with Crippen molar-refractivity contribution in [2.24, 2.45) is 11.1 Å². The van der Waals surface area contributed by atoms with Crippen LogP contribution in [0.5, 0.6) is 0 Å². The summed E-state index contributed by atoms with van der Waals surface area (Å²) in [5.41, 5.74) is 11.5. The van der Waals surface area contributed by atoms with E-state index >= 15 is 0 Å². The number of nitrogens with zero attached hydrogens (tertiary/aromatic N) is 4. The zero-order valence-electron chi connectivity index (χ0n) is 27.0. The van der Waals surface area contributed by atoms with Gasteiger partial charge in [0.1, 0.15) is 5.52 Å². The smallest absolute Gasteiger partial charge is 0.249 e. The van der Waals surface area contributed by atoms with Crippen LogP contribution in [-0.4, -0.2) is 44.3 Å². The SMILES string of the molecule is CCn1cnc2cc(-c3ccc4c(c3)N([C@H]3C[C@@H](NC(=O)C(C)(C)C)C3)C(=O)C4(C)C)nc(Nc3ccc(C)c(C(N)=O)c3)c21. The van der Waals surface area contributed by atoms with Crippen molar-refractivity contribution in [3.05, 3.63) is 65.5 Å². The van der Waals surface area contributed by atoms with Gasteiger partial charge in [0.25, 0.3) is 0 Å². The third kappa shape index (κ3) is 5.22. The average molecular weight is 608 g/mol. The van der Waals surface area contributed by atoms with Gasteiger partial charge in [0.05, 0.1) is 23.0 Å². The number of aryl methyl sites for hydroxylation is 2. The predicted molar refractivity (Wildman–Crippen MR) is 177 cm³/mol. The van der Waals surface area contributed by atoms with Gasteiger partial charge < -0.3 is 25.8 Å². The fraction of sp³-hybridized carbons (Fsp3) is 0.400. The molecule has 3 amide bonds. The minimum atomic E-state index is -0.665. The van der Waals surface area contributed by atoms with Gasteiger partial charge in [-0.15, -0.1) is 0 Å². The van der Waals surface area contributed by atoms with Crippen molar-refractivity contribution in [2.75, 3.05) is 10.2 Å². The lowest BCUT2D eigenvalue weighted by atomic mass is 9.83. The summed E-state index contributed by atoms with van der Waals surface area (Å²) in [5, 5.41) is 6.55. The van der Waals surface area contributed by atoms with Crippen molar-refractivity contribution in [1.82, 2.24) is 19.9 Å². The van der Waals surface area contributed by atoms with E-state index in [1.165, 1.54) is 0 Å². The minimum absolute atomic E-state index is 0.00690. The standard InChI is InChI=1S/C35H41N7O3/c1-8-41-18-37-27-17-26(40-31(29(27)41)38-21-11-9-19(2)24(16-21)30(36)43)20-10-12-25-28(13-20)42(33(45)35(25,6)7)23-14-22(15-23)39-32(44)34(3,4)5/h9-13,16-18,22-23H,8,14-15H2,1-7H3,(H2,36,43)(H,38,40)(H,39,44)/t22-,23+. The van der Waals surface area contributed by atoms with Crippen LogP contribution in [0.15, 0.2) is 48.8 Å². The number of fused-ring (bicyclic) bond motifs is 2. The largest absolute Gasteiger partial charge is 0.366 e. The summed E-state index contributed by atoms with van der Waals surface area (Å²) in [6, 6.07) is 13.6. The van der Waals surface area contributed by atoms with Gasteiger partial charge in [-0.25, -0.2) is 9.97 Å². The third-order valence-corrected chi connectivity index (χ3v) is 9.18. The number of benzene rings is 2. The quantitative estimate of drug-likeness (QED) is 0.251. The van der Waals surface area contributed by atoms with Crippen LogP contribution >= 0.6 is 0 Å². The highest BCUT2D eigenvalue weighted by atomic mass is 16.2. The van der Waals surface area contributed by atoms with E-state index in [9.17, 15) is 14.4 Å². The highest BCUT2D eigenvalue weighted by Gasteiger charge is 2.49. The first-order valence-corrected chi connectivity index (χ1v) is 15.5. The van der Waals surface area contributed by atoms with Crippen LogP contribution in [0, 0.1) is 12.3 Å². The number of carbonyl (C=O) groups excluding carboxylic acids is 3. The molecule has 10 nitrogen and oxygen atoms in total. The second-order valence-corrected chi connectivity index (χ2v) is 13.9. The number of imidazole rings is 1. The zero-order valence-corrected chi connectivity index (χ0v) is 27.0. The Morgan fingerprint density at radius 2 is 1.82 bits per heavy atom. The molecule has 1 aliphatic heterocycles. The Morgan fingerprint density at radius 3 is 2.49 bits per heavy atom. The monoisotopic (exact) mass is 607 g/mol. The number of nitrogens with two attached hydrogens (primary N) is 1. The van der Waals surface area contributed by atoms with E-state index in [4.69, 9.17) is 10.7 Å². The van der Waals surface area contributed by atoms with Gasteiger partial charge in [0.2, 0.25) is 17.7 Å². The molecule has 4 N–H and O–H groups in total. The van der Waals surface area contributed by atoms with Gasteiger partial charge >= 0.3 is 0 Å². The Balaban J connectivity index is 1.37. The molecular formula is C35H41N7O3. The number of primary amides is 1. The van der Waals surface area contributed by atoms with Crippen LogP contribution in [0.3, 0.4) is 0 Å². The first-order valence-electron chi connectivity index (χ1n) is 15.5. The van der Waals surface area contributed by atoms with Crippen molar-refractivity contribution >= 4 is 45.9 Å². The van der Waals surface area contributed by atoms with E-state index in [-0.39, 0.29) is 23.9 Å². The highest BCUT2D eigenvalue weighted by Crippen LogP contribution is 2.47. The lowest BCUT2D eigenvalue weighted by Gasteiger charge is -2.43. The van der Waals surface area contributed by atoms with Crippen LogP contribution < -0.4 is 21.3 Å². The fourth-order valence-corrected chi connectivity index (χ4v) is 6.30. The molecule has 3 heterocycles. The lowest BCUT2D eigenvalue weighted by Crippen LogP contribution is -2.57. The summed E-state index contributed by atoms with van der Waals surface area (Å²) in [6.45, 7) is 14.2. The molecule has 0 spiro atoms. The van der Waals surface area contributed by atoms with Crippen molar-refractivity contribution in [3.8, 4) is 11.3 Å². The van der Waals surface area contributed by atoms with E-state index < -0.39 is 16.7 Å². The molecule has 1 saturated carbocycles. The number of anilines is 3. The van der Waals surface area contributed by atoms with Crippen LogP contribution in [0.4, 0.5) is 17.2 Å². The average Bonchev–Trinajstić information content (AvgIpc) is 3.46. The van der Waals surface area contributed by atoms with Crippen LogP contribution in [-0.2, 0) is 21.5 Å². The Kier molecular flexibility index (Phi) is 7.21. The second kappa shape index (κ2) is 10.7. The van der Waals surface area contributed by atoms with E-state index in [1.807, 2.05) is 88.3 Å². The maximum Gasteiger partial charge on any atom is 0.249 e. The first kappa shape index (κ1) is 30.3. The second-order valence-electron chi connectivity index (χ2n) is 13.9. The lowest BCUT2D eigenvalue weighted by molar-refractivity contribution is -0.129. The number of aromatic nitrogens is 3. The molecule has 2 aromatic heterocycles. The molecule has 1 aliphatic carbocycles. The third-order valence-electron chi connectivity index (χ3n) is 9.18. The molecule has 10 heteroatoms. The van der Waals surface area contributed by atoms with Crippen LogP contribution in [0.25, 0.3) is 22.3 Å². The number of hydrogen-bond acceptors (Lipinski definition) is 6. The van der Waals surface area contributed by atoms with Gasteiger partial charge in [-0.1, -0.05) is 39.0 Å². The van der Waals surface area contributed by atoms with Gasteiger partial charge in [0, 0.05) is 46.5 Å². The maximum atomic E-state index is 13.8. The number of rotatable bonds is 7. The van der Waals surface area contributed by atoms with Gasteiger partial charge in [-0.05, 0) is 75.9 Å². The molecule has 0 saturated heterocycles. The molecule has 2 aliphatic rings. The van der Waals surface area contributed by atoms with E-state index in [2.05, 4.69) is 21.7 Å². The molecular weight excluding hydrogens is 566 g/mol. The Hall–Kier alpha value is -4.73. The number of carbonyl (C=O) groups is 3. The number of amides is 3. The summed E-state index contributed by atoms with van der Waals surface area (Å²) >= 11 is 0. The Labute approximate surface area is 263 Å². The molecule has 1 fully saturated rings. The number of pyridine rings is 1. The summed E-state index contributed by atoms with van der Waals surface area (Å²) in [4.78, 5) is 50.0. The van der Waals surface area contributed by atoms with E-state index in [1.54, 1.807) is 12.4 Å². The topological polar surface area (TPSA) is 135 Å². The van der Waals surface area contributed by atoms with E-state index in [0.29, 0.717) is 42.1 Å². The van der Waals surface area contributed by atoms with E-state index in [0.717, 1.165) is 33.4 Å². The Bertz CT molecular complexity index is 1860. The van der Waals surface area contributed by atoms with Crippen LogP contribution in [0.1, 0.15) is 75.9 Å². The molecule has 0 unspecified atom stereocenters. The normalized spacial score (nSPS) is 18.9. The maximum absolute atomic E-state index is 13.8. The van der Waals surface area contributed by atoms with Gasteiger partial charge in [0.15, 0.2) is 5.82 Å². The predicted octanol–water partition coefficient (Wildman–Crippen LogP) is 5.59. The molecule has 45 heavy (non-hydrogen) atoms. The number of nitrogens with one attached hydrogen (secondary N) is 2. The van der Waals surface area contributed by atoms with Crippen molar-refractivity contribution in [1.29, 1.82) is 0 Å². The minimum Gasteiger partial charge on any atom is -0.366 e. The summed E-state index contributed by atoms with van der Waals surface area (Å²) in [5.74, 6) is 0.203. The van der Waals surface area contributed by atoms with Gasteiger partial charge in [-0.3, -0.25) is 14.4 Å². The molecule has 234 valence electrons. The molecule has 0 radical (unpaired) electrons. The summed E-state index contributed by atoms with van der Waals surface area (Å²) < 4.78 is 2.02. The first-order chi connectivity index (χ1) is 21.2. The van der Waals surface area contributed by atoms with Crippen molar-refractivity contribution < 1.29 is 14.4 Å². The molecule has 4 aromatic rings. The molecule has 2 aromatic carbocycles. The zero-order chi connectivity index (χ0) is 32.4. The van der Waals surface area contributed by atoms with Crippen molar-refractivity contribution in [2.45, 2.75) is 85.4 Å². The molecule has 0 bridgehead atoms. The number of hydrogen-bond donors (Lipinski definition) is 3. The molecule has 6 rings (SSSR count). The summed E-state index contributed by atoms with van der Waals surface area (Å²) in [6.07, 6.45) is 3.22. The Morgan fingerprint density at radius 1 is 1.09 bits per heavy atom. The fourth-order valence-electron chi connectivity index (χ4n) is 6.30. The van der Waals surface area contributed by atoms with Crippen molar-refractivity contribution in [3.63, 3.8) is 0 Å². The molecule has 0 atom stereocenters. The summed E-state index contributed by atoms with van der Waals surface area (Å²) in [7, 11) is 0.